The number of hydrogen-bond acceptors (Lipinski definition) is 5. The summed E-state index contributed by atoms with van der Waals surface area (Å²) in [7, 11) is 0. The summed E-state index contributed by atoms with van der Waals surface area (Å²) in [4.78, 5) is 0.823. The Labute approximate surface area is 104 Å². The molecule has 2 aromatic heterocycles. The highest BCUT2D eigenvalue weighted by atomic mass is 32.1. The van der Waals surface area contributed by atoms with Crippen LogP contribution < -0.4 is 0 Å². The molecule has 6 heteroatoms. The topological polar surface area (TPSA) is 63.8 Å². The summed E-state index contributed by atoms with van der Waals surface area (Å²) >= 11 is 1.24. The lowest BCUT2D eigenvalue weighted by molar-refractivity contribution is 0.179. The highest BCUT2D eigenvalue weighted by Gasteiger charge is 2.16. The minimum atomic E-state index is -0.564. The van der Waals surface area contributed by atoms with Gasteiger partial charge in [-0.3, -0.25) is 4.68 Å². The van der Waals surface area contributed by atoms with E-state index in [9.17, 15) is 5.11 Å². The van der Waals surface area contributed by atoms with E-state index >= 15 is 0 Å². The molecule has 1 N–H and O–H groups in total. The van der Waals surface area contributed by atoms with E-state index in [0.29, 0.717) is 12.5 Å². The minimum absolute atomic E-state index is 0.340. The lowest BCUT2D eigenvalue weighted by Crippen LogP contribution is -2.05. The molecule has 0 amide bonds. The van der Waals surface area contributed by atoms with Crippen LogP contribution in [0.1, 0.15) is 42.3 Å². The molecule has 0 bridgehead atoms. The Kier molecular flexibility index (Phi) is 3.54. The van der Waals surface area contributed by atoms with Gasteiger partial charge in [-0.05, 0) is 38.4 Å². The summed E-state index contributed by atoms with van der Waals surface area (Å²) in [6, 6.07) is 2.28. The number of nitrogens with zero attached hydrogens (tertiary/aromatic N) is 4. The SMILES string of the molecule is Cc1nnsc1C(O)Cc1ccn(C(C)C)n1. The van der Waals surface area contributed by atoms with E-state index in [2.05, 4.69) is 28.5 Å². The van der Waals surface area contributed by atoms with Crippen molar-refractivity contribution in [3.05, 3.63) is 28.5 Å². The van der Waals surface area contributed by atoms with Crippen LogP contribution in [0.4, 0.5) is 0 Å². The molecule has 17 heavy (non-hydrogen) atoms. The zero-order chi connectivity index (χ0) is 12.4. The van der Waals surface area contributed by atoms with E-state index in [4.69, 9.17) is 0 Å². The lowest BCUT2D eigenvalue weighted by atomic mass is 10.1. The van der Waals surface area contributed by atoms with Crippen LogP contribution in [0, 0.1) is 6.92 Å². The third kappa shape index (κ3) is 2.70. The summed E-state index contributed by atoms with van der Waals surface area (Å²) in [6.07, 6.45) is 1.88. The molecule has 2 aromatic rings. The molecule has 1 unspecified atom stereocenters. The van der Waals surface area contributed by atoms with E-state index < -0.39 is 6.10 Å². The Hall–Kier alpha value is -1.27. The molecule has 0 spiro atoms. The third-order valence-electron chi connectivity index (χ3n) is 2.58. The minimum Gasteiger partial charge on any atom is -0.387 e. The smallest absolute Gasteiger partial charge is 0.0972 e. The third-order valence-corrected chi connectivity index (χ3v) is 3.51. The maximum atomic E-state index is 10.1. The Morgan fingerprint density at radius 3 is 2.76 bits per heavy atom. The van der Waals surface area contributed by atoms with Gasteiger partial charge in [-0.1, -0.05) is 4.49 Å². The second-order valence-electron chi connectivity index (χ2n) is 4.32. The van der Waals surface area contributed by atoms with Crippen LogP contribution in [0.3, 0.4) is 0 Å². The highest BCUT2D eigenvalue weighted by molar-refractivity contribution is 7.05. The maximum Gasteiger partial charge on any atom is 0.0972 e. The first-order chi connectivity index (χ1) is 8.08. The van der Waals surface area contributed by atoms with Crippen molar-refractivity contribution in [2.45, 2.75) is 39.3 Å². The van der Waals surface area contributed by atoms with Crippen molar-refractivity contribution in [2.24, 2.45) is 0 Å². The van der Waals surface area contributed by atoms with Gasteiger partial charge in [-0.15, -0.1) is 5.10 Å². The summed E-state index contributed by atoms with van der Waals surface area (Å²) in [5.41, 5.74) is 1.68. The van der Waals surface area contributed by atoms with Gasteiger partial charge >= 0.3 is 0 Å². The molecule has 92 valence electrons. The van der Waals surface area contributed by atoms with Crippen molar-refractivity contribution in [1.82, 2.24) is 19.4 Å². The Morgan fingerprint density at radius 2 is 2.24 bits per heavy atom. The monoisotopic (exact) mass is 252 g/mol. The number of aromatic nitrogens is 4. The Morgan fingerprint density at radius 1 is 1.47 bits per heavy atom. The second kappa shape index (κ2) is 4.93. The van der Waals surface area contributed by atoms with Crippen LogP contribution in [0.5, 0.6) is 0 Å². The fraction of sp³-hybridized carbons (Fsp3) is 0.545. The van der Waals surface area contributed by atoms with E-state index in [1.54, 1.807) is 0 Å². The van der Waals surface area contributed by atoms with Gasteiger partial charge < -0.3 is 5.11 Å². The van der Waals surface area contributed by atoms with Crippen molar-refractivity contribution in [3.8, 4) is 0 Å². The van der Waals surface area contributed by atoms with Crippen molar-refractivity contribution >= 4 is 11.5 Å². The van der Waals surface area contributed by atoms with Crippen molar-refractivity contribution < 1.29 is 5.11 Å². The molecule has 0 aliphatic heterocycles. The van der Waals surface area contributed by atoms with Crippen molar-refractivity contribution in [1.29, 1.82) is 0 Å². The zero-order valence-corrected chi connectivity index (χ0v) is 11.0. The van der Waals surface area contributed by atoms with Crippen LogP contribution >= 0.6 is 11.5 Å². The van der Waals surface area contributed by atoms with Crippen LogP contribution in [0.15, 0.2) is 12.3 Å². The first-order valence-electron chi connectivity index (χ1n) is 5.59. The fourth-order valence-electron chi connectivity index (χ4n) is 1.61. The summed E-state index contributed by atoms with van der Waals surface area (Å²) in [5, 5.41) is 18.4. The lowest BCUT2D eigenvalue weighted by Gasteiger charge is -2.07. The van der Waals surface area contributed by atoms with E-state index in [0.717, 1.165) is 16.3 Å². The first kappa shape index (κ1) is 12.2. The predicted octanol–water partition coefficient (Wildman–Crippen LogP) is 1.90. The van der Waals surface area contributed by atoms with E-state index in [1.807, 2.05) is 23.9 Å². The molecule has 2 rings (SSSR count). The molecule has 5 nitrogen and oxygen atoms in total. The average molecular weight is 252 g/mol. The Balaban J connectivity index is 2.08. The number of rotatable bonds is 4. The van der Waals surface area contributed by atoms with Gasteiger partial charge in [-0.2, -0.15) is 5.10 Å². The molecule has 1 atom stereocenters. The quantitative estimate of drug-likeness (QED) is 0.902. The Bertz CT molecular complexity index is 491. The van der Waals surface area contributed by atoms with E-state index in [1.165, 1.54) is 11.5 Å². The van der Waals surface area contributed by atoms with Crippen molar-refractivity contribution in [2.75, 3.05) is 0 Å². The molecule has 0 radical (unpaired) electrons. The molecule has 0 aliphatic rings. The molecule has 2 heterocycles. The fourth-order valence-corrected chi connectivity index (χ4v) is 2.24. The van der Waals surface area contributed by atoms with Crippen LogP contribution in [-0.4, -0.2) is 24.5 Å². The number of hydrogen-bond donors (Lipinski definition) is 1. The molecule has 0 aliphatic carbocycles. The molecule has 0 saturated carbocycles. The maximum absolute atomic E-state index is 10.1. The molecular formula is C11H16N4OS. The van der Waals surface area contributed by atoms with Crippen LogP contribution in [0.2, 0.25) is 0 Å². The molecule has 0 saturated heterocycles. The average Bonchev–Trinajstić information content (AvgIpc) is 2.86. The van der Waals surface area contributed by atoms with Gasteiger partial charge in [0.05, 0.1) is 22.4 Å². The van der Waals surface area contributed by atoms with Gasteiger partial charge in [0.1, 0.15) is 0 Å². The van der Waals surface area contributed by atoms with Gasteiger partial charge in [0.25, 0.3) is 0 Å². The summed E-state index contributed by atoms with van der Waals surface area (Å²) < 4.78 is 5.71. The van der Waals surface area contributed by atoms with E-state index in [-0.39, 0.29) is 0 Å². The summed E-state index contributed by atoms with van der Waals surface area (Å²) in [5.74, 6) is 0. The predicted molar refractivity (Wildman–Crippen MR) is 65.9 cm³/mol. The van der Waals surface area contributed by atoms with Crippen molar-refractivity contribution in [3.63, 3.8) is 0 Å². The number of aryl methyl sites for hydroxylation is 1. The normalized spacial score (nSPS) is 13.2. The molecule has 0 fully saturated rings. The standard InChI is InChI=1S/C11H16N4OS/c1-7(2)15-5-4-9(13-15)6-10(16)11-8(3)12-14-17-11/h4-5,7,10,16H,6H2,1-3H3. The largest absolute Gasteiger partial charge is 0.387 e. The van der Waals surface area contributed by atoms with Crippen LogP contribution in [0.25, 0.3) is 0 Å². The van der Waals surface area contributed by atoms with Gasteiger partial charge in [-0.25, -0.2) is 0 Å². The van der Waals surface area contributed by atoms with Gasteiger partial charge in [0.15, 0.2) is 0 Å². The highest BCUT2D eigenvalue weighted by Crippen LogP contribution is 2.22. The zero-order valence-electron chi connectivity index (χ0n) is 10.2. The number of aliphatic hydroxyl groups is 1. The van der Waals surface area contributed by atoms with Crippen LogP contribution in [-0.2, 0) is 6.42 Å². The molecule has 0 aromatic carbocycles. The summed E-state index contributed by atoms with van der Waals surface area (Å²) in [6.45, 7) is 6.00. The molecular weight excluding hydrogens is 236 g/mol. The first-order valence-corrected chi connectivity index (χ1v) is 6.36. The van der Waals surface area contributed by atoms with Gasteiger partial charge in [0.2, 0.25) is 0 Å². The number of aliphatic hydroxyl groups excluding tert-OH is 1. The second-order valence-corrected chi connectivity index (χ2v) is 5.11. The van der Waals surface area contributed by atoms with Gasteiger partial charge in [0, 0.05) is 18.7 Å².